The van der Waals surface area contributed by atoms with Gasteiger partial charge >= 0.3 is 0 Å². The number of nitrogens with one attached hydrogen (secondary N) is 1. The molecule has 17 heavy (non-hydrogen) atoms. The van der Waals surface area contributed by atoms with Crippen molar-refractivity contribution in [2.24, 2.45) is 21.5 Å². The summed E-state index contributed by atoms with van der Waals surface area (Å²) in [4.78, 5) is 7.44. The van der Waals surface area contributed by atoms with Crippen LogP contribution in [0.15, 0.2) is 34.3 Å². The van der Waals surface area contributed by atoms with Crippen molar-refractivity contribution in [3.8, 4) is 0 Å². The molecule has 0 radical (unpaired) electrons. The zero-order valence-electron chi connectivity index (χ0n) is 10.2. The normalized spacial score (nSPS) is 11.5. The maximum absolute atomic E-state index is 5.73. The van der Waals surface area contributed by atoms with Gasteiger partial charge in [0.25, 0.3) is 0 Å². The summed E-state index contributed by atoms with van der Waals surface area (Å²) in [6, 6.07) is 7.05. The molecule has 0 amide bonds. The van der Waals surface area contributed by atoms with Gasteiger partial charge in [-0.1, -0.05) is 25.4 Å². The second-order valence-corrected chi connectivity index (χ2v) is 3.15. The molecule has 1 aromatic rings. The Hall–Kier alpha value is -1.75. The lowest BCUT2D eigenvalue weighted by molar-refractivity contribution is 1.34. The molecule has 0 aliphatic heterocycles. The molecule has 0 bridgehead atoms. The van der Waals surface area contributed by atoms with Gasteiger partial charge in [0, 0.05) is 17.8 Å². The average Bonchev–Trinajstić information content (AvgIpc) is 2.34. The lowest BCUT2D eigenvalue weighted by atomic mass is 10.3. The number of hydrogen-bond donors (Lipinski definition) is 3. The van der Waals surface area contributed by atoms with E-state index in [9.17, 15) is 0 Å². The molecule has 1 rings (SSSR count). The van der Waals surface area contributed by atoms with E-state index >= 15 is 0 Å². The van der Waals surface area contributed by atoms with Gasteiger partial charge in [0.2, 0.25) is 11.9 Å². The fourth-order valence-electron chi connectivity index (χ4n) is 0.882. The van der Waals surface area contributed by atoms with Gasteiger partial charge in [0.1, 0.15) is 0 Å². The van der Waals surface area contributed by atoms with Gasteiger partial charge < -0.3 is 16.8 Å². The lowest BCUT2D eigenvalue weighted by Crippen LogP contribution is -2.25. The van der Waals surface area contributed by atoms with Gasteiger partial charge in [-0.25, -0.2) is 0 Å². The monoisotopic (exact) mass is 255 g/mol. The highest BCUT2D eigenvalue weighted by Crippen LogP contribution is 2.12. The van der Waals surface area contributed by atoms with E-state index in [-0.39, 0.29) is 11.9 Å². The molecule has 0 atom stereocenters. The Kier molecular flexibility index (Phi) is 7.54. The van der Waals surface area contributed by atoms with Crippen LogP contribution in [-0.2, 0) is 0 Å². The van der Waals surface area contributed by atoms with Crippen LogP contribution >= 0.6 is 11.6 Å². The van der Waals surface area contributed by atoms with Gasteiger partial charge in [-0.2, -0.15) is 4.99 Å². The number of nitrogens with zero attached hydrogens (tertiary/aromatic N) is 2. The van der Waals surface area contributed by atoms with Crippen LogP contribution in [0.1, 0.15) is 13.8 Å². The van der Waals surface area contributed by atoms with E-state index in [1.54, 1.807) is 24.3 Å². The minimum Gasteiger partial charge on any atom is -0.369 e. The minimum absolute atomic E-state index is 0.119. The van der Waals surface area contributed by atoms with Crippen molar-refractivity contribution in [1.82, 2.24) is 0 Å². The Morgan fingerprint density at radius 2 is 1.71 bits per heavy atom. The summed E-state index contributed by atoms with van der Waals surface area (Å²) in [7, 11) is 1.54. The van der Waals surface area contributed by atoms with E-state index in [1.807, 2.05) is 13.8 Å². The Morgan fingerprint density at radius 1 is 1.18 bits per heavy atom. The fourth-order valence-corrected chi connectivity index (χ4v) is 1.01. The van der Waals surface area contributed by atoms with Crippen molar-refractivity contribution in [3.63, 3.8) is 0 Å². The first-order chi connectivity index (χ1) is 8.11. The number of benzene rings is 1. The number of hydrogen-bond acceptors (Lipinski definition) is 1. The van der Waals surface area contributed by atoms with Crippen LogP contribution in [0.25, 0.3) is 0 Å². The number of rotatable bonds is 1. The van der Waals surface area contributed by atoms with E-state index in [2.05, 4.69) is 15.3 Å². The van der Waals surface area contributed by atoms with Gasteiger partial charge in [-0.15, -0.1) is 0 Å². The third kappa shape index (κ3) is 6.42. The first kappa shape index (κ1) is 15.2. The Labute approximate surface area is 107 Å². The van der Waals surface area contributed by atoms with E-state index in [0.29, 0.717) is 5.02 Å². The first-order valence-electron chi connectivity index (χ1n) is 5.21. The third-order valence-corrected chi connectivity index (χ3v) is 1.83. The number of nitrogens with two attached hydrogens (primary N) is 2. The van der Waals surface area contributed by atoms with Gasteiger partial charge in [-0.3, -0.25) is 4.99 Å². The van der Waals surface area contributed by atoms with Crippen molar-refractivity contribution >= 4 is 29.2 Å². The van der Waals surface area contributed by atoms with Crippen LogP contribution in [0.2, 0.25) is 5.02 Å². The number of halogens is 1. The fraction of sp³-hybridized carbons (Fsp3) is 0.273. The Balaban J connectivity index is 0.00000121. The summed E-state index contributed by atoms with van der Waals surface area (Å²) in [5, 5.41) is 3.50. The van der Waals surface area contributed by atoms with Crippen LogP contribution < -0.4 is 16.8 Å². The zero-order chi connectivity index (χ0) is 13.3. The maximum atomic E-state index is 5.73. The molecule has 0 aliphatic carbocycles. The van der Waals surface area contributed by atoms with Crippen molar-refractivity contribution in [1.29, 1.82) is 0 Å². The van der Waals surface area contributed by atoms with Crippen LogP contribution in [-0.4, -0.2) is 19.0 Å². The second-order valence-electron chi connectivity index (χ2n) is 2.71. The number of guanidine groups is 2. The molecule has 0 saturated heterocycles. The standard InChI is InChI=1S/C9H12ClN5.C2H6/c1-13-8(11)15-9(12)14-7-4-2-6(10)3-5-7;1-2/h2-5H,1H3,(H5,11,12,13,14,15);1-2H3. The van der Waals surface area contributed by atoms with Crippen LogP contribution in [0.5, 0.6) is 0 Å². The molecule has 5 N–H and O–H groups in total. The van der Waals surface area contributed by atoms with Crippen LogP contribution in [0.4, 0.5) is 5.69 Å². The molecule has 1 aromatic carbocycles. The maximum Gasteiger partial charge on any atom is 0.218 e. The predicted octanol–water partition coefficient (Wildman–Crippen LogP) is 2.04. The first-order valence-corrected chi connectivity index (χ1v) is 5.58. The summed E-state index contributed by atoms with van der Waals surface area (Å²) in [6.07, 6.45) is 0. The Bertz CT molecular complexity index is 383. The highest BCUT2D eigenvalue weighted by atomic mass is 35.5. The van der Waals surface area contributed by atoms with Crippen molar-refractivity contribution in [3.05, 3.63) is 29.3 Å². The summed E-state index contributed by atoms with van der Waals surface area (Å²) < 4.78 is 0. The molecule has 0 aliphatic rings. The van der Waals surface area contributed by atoms with Crippen molar-refractivity contribution < 1.29 is 0 Å². The highest BCUT2D eigenvalue weighted by molar-refractivity contribution is 6.30. The van der Waals surface area contributed by atoms with Crippen molar-refractivity contribution in [2.45, 2.75) is 13.8 Å². The molecular formula is C11H18ClN5. The van der Waals surface area contributed by atoms with Gasteiger partial charge in [0.15, 0.2) is 0 Å². The quantitative estimate of drug-likeness (QED) is 0.530. The van der Waals surface area contributed by atoms with E-state index in [1.165, 1.54) is 7.05 Å². The predicted molar refractivity (Wildman–Crippen MR) is 75.6 cm³/mol. The van der Waals surface area contributed by atoms with Crippen LogP contribution in [0, 0.1) is 0 Å². The molecule has 6 heteroatoms. The molecule has 0 fully saturated rings. The largest absolute Gasteiger partial charge is 0.369 e. The average molecular weight is 256 g/mol. The summed E-state index contributed by atoms with van der Waals surface area (Å²) in [6.45, 7) is 4.00. The number of anilines is 1. The van der Waals surface area contributed by atoms with E-state index in [0.717, 1.165) is 5.69 Å². The molecule has 0 spiro atoms. The van der Waals surface area contributed by atoms with E-state index < -0.39 is 0 Å². The highest BCUT2D eigenvalue weighted by Gasteiger charge is 1.95. The van der Waals surface area contributed by atoms with Crippen molar-refractivity contribution in [2.75, 3.05) is 12.4 Å². The van der Waals surface area contributed by atoms with E-state index in [4.69, 9.17) is 23.1 Å². The molecule has 0 heterocycles. The van der Waals surface area contributed by atoms with Gasteiger partial charge in [-0.05, 0) is 24.3 Å². The summed E-state index contributed by atoms with van der Waals surface area (Å²) >= 11 is 5.73. The lowest BCUT2D eigenvalue weighted by Gasteiger charge is -2.04. The summed E-state index contributed by atoms with van der Waals surface area (Å²) in [5.41, 5.74) is 11.7. The summed E-state index contributed by atoms with van der Waals surface area (Å²) in [5.74, 6) is 0.300. The number of aliphatic imine (C=N–C) groups is 2. The Morgan fingerprint density at radius 3 is 2.18 bits per heavy atom. The van der Waals surface area contributed by atoms with Gasteiger partial charge in [0.05, 0.1) is 0 Å². The zero-order valence-corrected chi connectivity index (χ0v) is 11.0. The minimum atomic E-state index is 0.119. The topological polar surface area (TPSA) is 88.8 Å². The second kappa shape index (κ2) is 8.41. The molecule has 0 unspecified atom stereocenters. The smallest absolute Gasteiger partial charge is 0.218 e. The molecule has 5 nitrogen and oxygen atoms in total. The molecular weight excluding hydrogens is 238 g/mol. The molecule has 94 valence electrons. The molecule has 0 aromatic heterocycles. The molecule has 0 saturated carbocycles. The third-order valence-electron chi connectivity index (χ3n) is 1.58. The van der Waals surface area contributed by atoms with Crippen LogP contribution in [0.3, 0.4) is 0 Å². The SMILES string of the molecule is CC.CN=C(N)/N=C(\N)Nc1ccc(Cl)cc1.